The average molecular weight is 770 g/mol. The number of hydrogen-bond donors (Lipinski definition) is 0. The van der Waals surface area contributed by atoms with Crippen molar-refractivity contribution in [2.75, 3.05) is 0 Å². The highest BCUT2D eigenvalue weighted by Gasteiger charge is 2.81. The van der Waals surface area contributed by atoms with E-state index in [1.165, 1.54) is 0 Å². The van der Waals surface area contributed by atoms with E-state index in [0.29, 0.717) is 0 Å². The molecule has 3 unspecified atom stereocenters. The van der Waals surface area contributed by atoms with Gasteiger partial charge in [-0.25, -0.2) is 9.18 Å². The number of esters is 1. The van der Waals surface area contributed by atoms with Crippen molar-refractivity contribution in [2.45, 2.75) is 118 Å². The van der Waals surface area contributed by atoms with Crippen LogP contribution < -0.4 is 0 Å². The maximum atomic E-state index is 15.0. The summed E-state index contributed by atoms with van der Waals surface area (Å²) in [5, 5.41) is 0. The van der Waals surface area contributed by atoms with Gasteiger partial charge >= 0.3 is 66.4 Å². The highest BCUT2D eigenvalue weighted by Crippen LogP contribution is 2.54. The van der Waals surface area contributed by atoms with Crippen LogP contribution in [0.15, 0.2) is 0 Å². The van der Waals surface area contributed by atoms with Crippen LogP contribution in [0.1, 0.15) is 27.2 Å². The fraction of sp³-hybridized carbons (Fsp3) is 0.950. The van der Waals surface area contributed by atoms with E-state index in [4.69, 9.17) is 0 Å². The Morgan fingerprint density at radius 1 is 0.532 bits per heavy atom. The summed E-state index contributed by atoms with van der Waals surface area (Å²) in [7, 11) is -3.58. The molecule has 0 amide bonds. The van der Waals surface area contributed by atoms with Crippen LogP contribution in [-0.4, -0.2) is 80.6 Å². The first-order valence-corrected chi connectivity index (χ1v) is 14.9. The molecule has 0 aromatic carbocycles. The molecule has 0 saturated carbocycles. The first-order chi connectivity index (χ1) is 20.3. The maximum absolute atomic E-state index is 15.0. The van der Waals surface area contributed by atoms with E-state index >= 15 is 0 Å². The summed E-state index contributed by atoms with van der Waals surface area (Å²) in [5.74, 6) is -33.5. The molecule has 0 aromatic rings. The number of rotatable bonds is 15. The van der Waals surface area contributed by atoms with Gasteiger partial charge in [0, 0.05) is 0 Å². The van der Waals surface area contributed by atoms with Gasteiger partial charge in [-0.3, -0.25) is 9.47 Å². The van der Waals surface area contributed by atoms with E-state index in [1.807, 2.05) is 4.74 Å². The smallest absolute Gasteiger partial charge is 0.458 e. The van der Waals surface area contributed by atoms with Crippen molar-refractivity contribution < 1.29 is 116 Å². The van der Waals surface area contributed by atoms with Crippen molar-refractivity contribution in [2.24, 2.45) is 0 Å². The standard InChI is InChI=1S/C20H20F22O4Si/c1-4-47(5-2,6-3)8-9(7-11(21,15(27,28)29)45-19(39,40)13(23,24)17(33,34)35)44-10(43)12(22,16(30,31)32)46-20(41,42)14(25,26)18(36,37)38/h9H,4-8H2,1-3H3. The van der Waals surface area contributed by atoms with Crippen molar-refractivity contribution in [1.29, 1.82) is 0 Å². The minimum Gasteiger partial charge on any atom is -0.458 e. The van der Waals surface area contributed by atoms with Crippen LogP contribution in [0.4, 0.5) is 96.6 Å². The Morgan fingerprint density at radius 2 is 0.872 bits per heavy atom. The summed E-state index contributed by atoms with van der Waals surface area (Å²) in [6.07, 6.45) is -52.0. The minimum absolute atomic E-state index is 0.311. The molecular weight excluding hydrogens is 750 g/mol. The predicted octanol–water partition coefficient (Wildman–Crippen LogP) is 9.87. The van der Waals surface area contributed by atoms with Crippen molar-refractivity contribution in [3.05, 3.63) is 0 Å². The summed E-state index contributed by atoms with van der Waals surface area (Å²) in [6, 6.07) is -2.45. The zero-order chi connectivity index (χ0) is 38.3. The van der Waals surface area contributed by atoms with Crippen molar-refractivity contribution in [1.82, 2.24) is 0 Å². The Labute approximate surface area is 248 Å². The minimum atomic E-state index is -7.76. The lowest BCUT2D eigenvalue weighted by molar-refractivity contribution is -0.485. The van der Waals surface area contributed by atoms with Gasteiger partial charge in [0.2, 0.25) is 0 Å². The monoisotopic (exact) mass is 770 g/mol. The third kappa shape index (κ3) is 9.00. The van der Waals surface area contributed by atoms with Crippen molar-refractivity contribution in [3.8, 4) is 0 Å². The van der Waals surface area contributed by atoms with E-state index in [2.05, 4.69) is 9.47 Å². The molecule has 47 heavy (non-hydrogen) atoms. The Morgan fingerprint density at radius 3 is 1.15 bits per heavy atom. The van der Waals surface area contributed by atoms with Gasteiger partial charge in [-0.15, -0.1) is 0 Å². The number of carbonyl (C=O) groups excluding carboxylic acids is 1. The van der Waals surface area contributed by atoms with Crippen LogP contribution >= 0.6 is 0 Å². The van der Waals surface area contributed by atoms with Gasteiger partial charge in [0.1, 0.15) is 6.10 Å². The Balaban J connectivity index is 7.28. The number of alkyl halides is 22. The Kier molecular flexibility index (Phi) is 12.9. The van der Waals surface area contributed by atoms with Gasteiger partial charge in [0.25, 0.3) is 0 Å². The van der Waals surface area contributed by atoms with Crippen LogP contribution in [0.25, 0.3) is 0 Å². The van der Waals surface area contributed by atoms with E-state index in [1.54, 1.807) is 0 Å². The van der Waals surface area contributed by atoms with Crippen LogP contribution in [-0.2, 0) is 19.0 Å². The molecule has 0 fully saturated rings. The molecule has 0 radical (unpaired) electrons. The molecule has 27 heteroatoms. The summed E-state index contributed by atoms with van der Waals surface area (Å²) in [4.78, 5) is 12.1. The molecule has 0 aliphatic rings. The summed E-state index contributed by atoms with van der Waals surface area (Å²) >= 11 is 0. The van der Waals surface area contributed by atoms with Crippen molar-refractivity contribution >= 4 is 14.0 Å². The molecule has 0 heterocycles. The SMILES string of the molecule is CC[Si](CC)(CC)CC(CC(F)(OC(F)(F)C(F)(F)C(F)(F)F)C(F)(F)F)OC(=O)C(F)(OC(F)(F)C(F)(F)C(F)(F)F)C(F)(F)F. The fourth-order valence-corrected chi connectivity index (χ4v) is 7.17. The molecule has 0 spiro atoms. The second-order valence-electron chi connectivity index (χ2n) is 9.70. The lowest BCUT2D eigenvalue weighted by Gasteiger charge is -2.39. The van der Waals surface area contributed by atoms with Gasteiger partial charge in [0.05, 0.1) is 14.5 Å². The highest BCUT2D eigenvalue weighted by molar-refractivity contribution is 6.79. The average Bonchev–Trinajstić information content (AvgIpc) is 2.83. The van der Waals surface area contributed by atoms with Crippen molar-refractivity contribution in [3.63, 3.8) is 0 Å². The number of ether oxygens (including phenoxy) is 3. The van der Waals surface area contributed by atoms with Gasteiger partial charge in [-0.2, -0.15) is 92.2 Å². The lowest BCUT2D eigenvalue weighted by atomic mass is 10.1. The molecule has 0 rings (SSSR count). The zero-order valence-corrected chi connectivity index (χ0v) is 24.1. The topological polar surface area (TPSA) is 44.8 Å². The third-order valence-corrected chi connectivity index (χ3v) is 12.5. The van der Waals surface area contributed by atoms with Gasteiger partial charge < -0.3 is 4.74 Å². The lowest BCUT2D eigenvalue weighted by Crippen LogP contribution is -2.62. The summed E-state index contributed by atoms with van der Waals surface area (Å²) in [6.45, 7) is 3.41. The van der Waals surface area contributed by atoms with Gasteiger partial charge in [-0.1, -0.05) is 38.9 Å². The summed E-state index contributed by atoms with van der Waals surface area (Å²) < 4.78 is 299. The van der Waals surface area contributed by atoms with E-state index in [9.17, 15) is 101 Å². The molecule has 3 atom stereocenters. The molecular formula is C20H20F22O4Si. The quantitative estimate of drug-likeness (QED) is 0.0946. The summed E-state index contributed by atoms with van der Waals surface area (Å²) in [5.41, 5.74) is 0. The molecule has 0 aliphatic heterocycles. The first-order valence-electron chi connectivity index (χ1n) is 12.1. The van der Waals surface area contributed by atoms with E-state index in [0.717, 1.165) is 20.8 Å². The van der Waals surface area contributed by atoms with E-state index < -0.39 is 93.1 Å². The van der Waals surface area contributed by atoms with Crippen LogP contribution in [0.3, 0.4) is 0 Å². The molecule has 0 aromatic heterocycles. The normalized spacial score (nSPS) is 18.4. The van der Waals surface area contributed by atoms with Gasteiger partial charge in [-0.05, 0) is 6.04 Å². The Hall–Kier alpha value is -1.93. The molecule has 0 bridgehead atoms. The van der Waals surface area contributed by atoms with Crippen LogP contribution in [0.2, 0.25) is 24.2 Å². The largest absolute Gasteiger partial charge is 0.462 e. The van der Waals surface area contributed by atoms with Crippen LogP contribution in [0.5, 0.6) is 0 Å². The maximum Gasteiger partial charge on any atom is 0.462 e. The molecule has 4 nitrogen and oxygen atoms in total. The highest BCUT2D eigenvalue weighted by atomic mass is 28.3. The van der Waals surface area contributed by atoms with Crippen LogP contribution in [0, 0.1) is 0 Å². The molecule has 282 valence electrons. The zero-order valence-electron chi connectivity index (χ0n) is 23.1. The third-order valence-electron chi connectivity index (χ3n) is 6.73. The second kappa shape index (κ2) is 13.4. The molecule has 0 N–H and O–H groups in total. The van der Waals surface area contributed by atoms with Gasteiger partial charge in [0.15, 0.2) is 0 Å². The van der Waals surface area contributed by atoms with E-state index in [-0.39, 0.29) is 18.1 Å². The molecule has 0 aliphatic carbocycles. The second-order valence-corrected chi connectivity index (χ2v) is 15.2. The Bertz CT molecular complexity index is 1050. The number of carbonyl (C=O) groups is 1. The number of hydrogen-bond acceptors (Lipinski definition) is 4. The number of halogens is 22. The molecule has 0 saturated heterocycles. The fourth-order valence-electron chi connectivity index (χ4n) is 3.61. The predicted molar refractivity (Wildman–Crippen MR) is 110 cm³/mol. The first kappa shape index (κ1) is 45.1.